The number of fused-ring (bicyclic) bond motifs is 7. The second kappa shape index (κ2) is 9.96. The molecule has 11 nitrogen and oxygen atoms in total. The molecule has 9 aromatic heterocycles. The molecule has 0 aliphatic carbocycles. The molecule has 0 unspecified atom stereocenters. The molecule has 0 saturated carbocycles. The summed E-state index contributed by atoms with van der Waals surface area (Å²) < 4.78 is 5.90. The molecule has 46 heavy (non-hydrogen) atoms. The van der Waals surface area contributed by atoms with Gasteiger partial charge in [-0.1, -0.05) is 18.7 Å². The Morgan fingerprint density at radius 2 is 1.24 bits per heavy atom. The molecule has 9 aromatic rings. The van der Waals surface area contributed by atoms with Crippen LogP contribution in [0.2, 0.25) is 0 Å². The molecule has 218 valence electrons. The zero-order valence-electron chi connectivity index (χ0n) is 24.5. The van der Waals surface area contributed by atoms with Crippen LogP contribution in [0.5, 0.6) is 0 Å². The number of hydrogen-bond donors (Lipinski definition) is 0. The van der Waals surface area contributed by atoms with E-state index in [0.717, 1.165) is 54.9 Å². The summed E-state index contributed by atoms with van der Waals surface area (Å²) in [5, 5.41) is 3.82. The predicted molar refractivity (Wildman–Crippen MR) is 178 cm³/mol. The van der Waals surface area contributed by atoms with Gasteiger partial charge in [0.1, 0.15) is 11.3 Å². The molecular formula is C35H23N11. The van der Waals surface area contributed by atoms with Crippen LogP contribution in [0, 0.1) is 6.92 Å². The smallest absolute Gasteiger partial charge is 0.242 e. The molecule has 0 radical (unpaired) electrons. The Bertz CT molecular complexity index is 2460. The minimum absolute atomic E-state index is 0.383. The van der Waals surface area contributed by atoms with Crippen LogP contribution in [0.15, 0.2) is 111 Å². The minimum atomic E-state index is 0.383. The van der Waals surface area contributed by atoms with Crippen molar-refractivity contribution in [2.75, 3.05) is 0 Å². The quantitative estimate of drug-likeness (QED) is 0.207. The molecule has 0 spiro atoms. The van der Waals surface area contributed by atoms with Gasteiger partial charge in [-0.15, -0.1) is 0 Å². The van der Waals surface area contributed by atoms with E-state index in [4.69, 9.17) is 29.9 Å². The highest BCUT2D eigenvalue weighted by molar-refractivity contribution is 6.07. The number of rotatable bonds is 5. The molecule has 0 fully saturated rings. The number of hydrogen-bond acceptors (Lipinski definition) is 8. The van der Waals surface area contributed by atoms with E-state index >= 15 is 0 Å². The number of aryl methyl sites for hydroxylation is 1. The molecule has 9 rings (SSSR count). The van der Waals surface area contributed by atoms with Crippen LogP contribution >= 0.6 is 0 Å². The van der Waals surface area contributed by atoms with Crippen LogP contribution in [0.3, 0.4) is 0 Å². The topological polar surface area (TPSA) is 118 Å². The Balaban J connectivity index is 1.45. The average molecular weight is 598 g/mol. The second-order valence-corrected chi connectivity index (χ2v) is 10.8. The van der Waals surface area contributed by atoms with Gasteiger partial charge in [0.25, 0.3) is 0 Å². The maximum atomic E-state index is 5.16. The Labute approximate surface area is 260 Å². The van der Waals surface area contributed by atoms with Gasteiger partial charge in [-0.3, -0.25) is 28.7 Å². The van der Waals surface area contributed by atoms with E-state index in [-0.39, 0.29) is 0 Å². The summed E-state index contributed by atoms with van der Waals surface area (Å²) in [6.07, 6.45) is 18.2. The van der Waals surface area contributed by atoms with Gasteiger partial charge in [0.15, 0.2) is 0 Å². The van der Waals surface area contributed by atoms with Gasteiger partial charge in [-0.2, -0.15) is 15.0 Å². The summed E-state index contributed by atoms with van der Waals surface area (Å²) in [6, 6.07) is 15.7. The fourth-order valence-electron chi connectivity index (χ4n) is 6.29. The first-order chi connectivity index (χ1) is 22.7. The van der Waals surface area contributed by atoms with E-state index in [9.17, 15) is 0 Å². The highest BCUT2D eigenvalue weighted by atomic mass is 15.3. The van der Waals surface area contributed by atoms with Crippen molar-refractivity contribution < 1.29 is 0 Å². The summed E-state index contributed by atoms with van der Waals surface area (Å²) in [7, 11) is 0. The van der Waals surface area contributed by atoms with E-state index in [2.05, 4.69) is 23.5 Å². The lowest BCUT2D eigenvalue weighted by molar-refractivity contribution is 0.830. The molecule has 0 bridgehead atoms. The van der Waals surface area contributed by atoms with Gasteiger partial charge in [-0.25, -0.2) is 9.97 Å². The maximum Gasteiger partial charge on any atom is 0.242 e. The van der Waals surface area contributed by atoms with Crippen LogP contribution in [0.1, 0.15) is 11.3 Å². The monoisotopic (exact) mass is 597 g/mol. The van der Waals surface area contributed by atoms with E-state index in [1.807, 2.05) is 86.8 Å². The fourth-order valence-corrected chi connectivity index (χ4v) is 6.29. The lowest BCUT2D eigenvalue weighted by atomic mass is 10.2. The van der Waals surface area contributed by atoms with Crippen molar-refractivity contribution in [3.05, 3.63) is 122 Å². The normalized spacial score (nSPS) is 12.0. The summed E-state index contributed by atoms with van der Waals surface area (Å²) in [6.45, 7) is 5.97. The first-order valence-electron chi connectivity index (χ1n) is 14.6. The molecule has 0 aliphatic heterocycles. The highest BCUT2D eigenvalue weighted by Gasteiger charge is 2.23. The van der Waals surface area contributed by atoms with Gasteiger partial charge in [0.05, 0.1) is 34.0 Å². The summed E-state index contributed by atoms with van der Waals surface area (Å²) >= 11 is 0. The van der Waals surface area contributed by atoms with E-state index in [1.54, 1.807) is 37.1 Å². The summed E-state index contributed by atoms with van der Waals surface area (Å²) in [4.78, 5) is 38.5. The van der Waals surface area contributed by atoms with Crippen LogP contribution in [-0.4, -0.2) is 53.6 Å². The van der Waals surface area contributed by atoms with Crippen molar-refractivity contribution in [2.24, 2.45) is 0 Å². The molecular weight excluding hydrogens is 574 g/mol. The van der Waals surface area contributed by atoms with E-state index < -0.39 is 0 Å². The van der Waals surface area contributed by atoms with Gasteiger partial charge in [-0.05, 0) is 67.1 Å². The van der Waals surface area contributed by atoms with Crippen LogP contribution < -0.4 is 0 Å². The third-order valence-electron chi connectivity index (χ3n) is 8.27. The van der Waals surface area contributed by atoms with Crippen molar-refractivity contribution in [2.45, 2.75) is 6.92 Å². The number of pyridine rings is 5. The Morgan fingerprint density at radius 1 is 0.587 bits per heavy atom. The zero-order valence-corrected chi connectivity index (χ0v) is 24.5. The van der Waals surface area contributed by atoms with Gasteiger partial charge >= 0.3 is 0 Å². The molecule has 0 aliphatic rings. The standard InChI is InChI=1S/C35H23N11/c1-3-4-10-26-21(2)22-12-17-37-20-29(22)44(26)33-41-34(45-27-13-18-36-19-25(27)23-8-5-15-39-31(23)45)43-35(42-33)46-28-11-7-14-38-30(28)24-9-6-16-40-32(24)46/h3-20H,1H2,2H3/b10-4-. The van der Waals surface area contributed by atoms with Crippen molar-refractivity contribution in [3.63, 3.8) is 0 Å². The van der Waals surface area contributed by atoms with Crippen molar-refractivity contribution in [3.8, 4) is 17.8 Å². The molecule has 0 saturated heterocycles. The molecule has 0 atom stereocenters. The second-order valence-electron chi connectivity index (χ2n) is 10.8. The molecule has 0 N–H and O–H groups in total. The molecule has 11 heteroatoms. The lowest BCUT2D eigenvalue weighted by Crippen LogP contribution is -2.14. The number of aromatic nitrogens is 11. The SMILES string of the molecule is C=C/C=C\c1c(C)c2ccncc2n1-c1nc(-n2c3ccncc3c3cccnc32)nc(-n2c3cccnc3c3cccnc32)n1. The average Bonchev–Trinajstić information content (AvgIpc) is 3.72. The number of nitrogens with zero attached hydrogens (tertiary/aromatic N) is 11. The van der Waals surface area contributed by atoms with Crippen molar-refractivity contribution in [1.29, 1.82) is 0 Å². The zero-order chi connectivity index (χ0) is 30.8. The first kappa shape index (κ1) is 25.8. The number of allylic oxidation sites excluding steroid dienone is 2. The summed E-state index contributed by atoms with van der Waals surface area (Å²) in [5.41, 5.74) is 6.71. The predicted octanol–water partition coefficient (Wildman–Crippen LogP) is 6.49. The minimum Gasteiger partial charge on any atom is -0.277 e. The first-order valence-corrected chi connectivity index (χ1v) is 14.6. The van der Waals surface area contributed by atoms with E-state index in [1.165, 1.54) is 0 Å². The van der Waals surface area contributed by atoms with Gasteiger partial charge < -0.3 is 0 Å². The molecule has 9 heterocycles. The van der Waals surface area contributed by atoms with E-state index in [0.29, 0.717) is 29.1 Å². The summed E-state index contributed by atoms with van der Waals surface area (Å²) in [5.74, 6) is 1.18. The Hall–Kier alpha value is -6.62. The Morgan fingerprint density at radius 3 is 2.04 bits per heavy atom. The third kappa shape index (κ3) is 3.65. The third-order valence-corrected chi connectivity index (χ3v) is 8.27. The lowest BCUT2D eigenvalue weighted by Gasteiger charge is -2.13. The van der Waals surface area contributed by atoms with Crippen molar-refractivity contribution in [1.82, 2.24) is 53.6 Å². The van der Waals surface area contributed by atoms with Gasteiger partial charge in [0.2, 0.25) is 17.8 Å². The van der Waals surface area contributed by atoms with Crippen molar-refractivity contribution >= 4 is 61.0 Å². The highest BCUT2D eigenvalue weighted by Crippen LogP contribution is 2.33. The maximum absolute atomic E-state index is 5.16. The fraction of sp³-hybridized carbons (Fsp3) is 0.0286. The largest absolute Gasteiger partial charge is 0.277 e. The van der Waals surface area contributed by atoms with Crippen LogP contribution in [0.4, 0.5) is 0 Å². The van der Waals surface area contributed by atoms with Crippen LogP contribution in [0.25, 0.3) is 78.8 Å². The molecule has 0 aromatic carbocycles. The van der Waals surface area contributed by atoms with Crippen LogP contribution in [-0.2, 0) is 0 Å². The Kier molecular flexibility index (Phi) is 5.59. The molecule has 0 amide bonds. The van der Waals surface area contributed by atoms with Gasteiger partial charge in [0, 0.05) is 58.7 Å².